The second-order valence-electron chi connectivity index (χ2n) is 7.75. The van der Waals surface area contributed by atoms with E-state index < -0.39 is 15.6 Å². The average Bonchev–Trinajstić information content (AvgIpc) is 2.76. The van der Waals surface area contributed by atoms with Crippen LogP contribution in [0.15, 0.2) is 24.3 Å². The third-order valence-corrected chi connectivity index (χ3v) is 6.03. The van der Waals surface area contributed by atoms with Gasteiger partial charge in [0, 0.05) is 6.54 Å². The van der Waals surface area contributed by atoms with E-state index >= 15 is 0 Å². The summed E-state index contributed by atoms with van der Waals surface area (Å²) in [6.07, 6.45) is 1.22. The Morgan fingerprint density at radius 2 is 1.96 bits per heavy atom. The summed E-state index contributed by atoms with van der Waals surface area (Å²) in [5.41, 5.74) is 0.928. The molecule has 1 aliphatic rings. The minimum absolute atomic E-state index is 0.102. The van der Waals surface area contributed by atoms with Crippen molar-refractivity contribution in [3.63, 3.8) is 0 Å². The second kappa shape index (κ2) is 8.39. The van der Waals surface area contributed by atoms with Gasteiger partial charge in [-0.05, 0) is 36.8 Å². The molecule has 1 atom stereocenters. The molecule has 0 radical (unpaired) electrons. The summed E-state index contributed by atoms with van der Waals surface area (Å²) < 4.78 is 26.2. The van der Waals surface area contributed by atoms with Crippen molar-refractivity contribution >= 4 is 21.9 Å². The van der Waals surface area contributed by atoms with Gasteiger partial charge >= 0.3 is 0 Å². The first kappa shape index (κ1) is 21.4. The number of hydrogen-bond donors (Lipinski definition) is 3. The van der Waals surface area contributed by atoms with E-state index in [1.165, 1.54) is 4.90 Å². The van der Waals surface area contributed by atoms with E-state index in [0.717, 1.165) is 11.1 Å². The highest BCUT2D eigenvalue weighted by Crippen LogP contribution is 2.26. The Kier molecular flexibility index (Phi) is 6.64. The molecule has 1 heterocycles. The molecule has 0 aromatic heterocycles. The van der Waals surface area contributed by atoms with E-state index in [0.29, 0.717) is 18.8 Å². The fourth-order valence-corrected chi connectivity index (χ4v) is 4.51. The molecule has 27 heavy (non-hydrogen) atoms. The maximum absolute atomic E-state index is 12.8. The van der Waals surface area contributed by atoms with Crippen molar-refractivity contribution in [1.29, 1.82) is 5.41 Å². The number of nitrogens with zero attached hydrogens (tertiary/aromatic N) is 1. The molecule has 0 saturated carbocycles. The summed E-state index contributed by atoms with van der Waals surface area (Å²) >= 11 is 0. The molecule has 1 unspecified atom stereocenters. The Labute approximate surface area is 162 Å². The van der Waals surface area contributed by atoms with Crippen LogP contribution >= 0.6 is 0 Å². The topological polar surface area (TPSA) is 102 Å². The van der Waals surface area contributed by atoms with Gasteiger partial charge in [-0.1, -0.05) is 45.0 Å². The molecular weight excluding hydrogens is 364 g/mol. The van der Waals surface area contributed by atoms with Gasteiger partial charge in [-0.15, -0.1) is 0 Å². The van der Waals surface area contributed by atoms with Crippen LogP contribution in [-0.4, -0.2) is 36.5 Å². The fourth-order valence-electron chi connectivity index (χ4n) is 3.44. The molecule has 1 amide bonds. The van der Waals surface area contributed by atoms with Crippen molar-refractivity contribution in [3.8, 4) is 0 Å². The maximum Gasteiger partial charge on any atom is 0.255 e. The third kappa shape index (κ3) is 5.52. The summed E-state index contributed by atoms with van der Waals surface area (Å²) in [5.74, 6) is 0.442. The van der Waals surface area contributed by atoms with Crippen LogP contribution in [0, 0.1) is 11.3 Å². The first-order valence-corrected chi connectivity index (χ1v) is 11.0. The van der Waals surface area contributed by atoms with E-state index in [1.807, 2.05) is 38.1 Å². The van der Waals surface area contributed by atoms with Crippen molar-refractivity contribution in [3.05, 3.63) is 35.4 Å². The van der Waals surface area contributed by atoms with Gasteiger partial charge < -0.3 is 5.32 Å². The number of sulfonamides is 1. The molecule has 1 aliphatic heterocycles. The zero-order chi connectivity index (χ0) is 20.2. The Morgan fingerprint density at radius 1 is 1.30 bits per heavy atom. The minimum Gasteiger partial charge on any atom is -0.342 e. The van der Waals surface area contributed by atoms with Crippen LogP contribution in [0.3, 0.4) is 0 Å². The van der Waals surface area contributed by atoms with Gasteiger partial charge in [-0.2, -0.15) is 0 Å². The molecule has 7 nitrogen and oxygen atoms in total. The van der Waals surface area contributed by atoms with E-state index in [2.05, 4.69) is 23.9 Å². The maximum atomic E-state index is 12.8. The van der Waals surface area contributed by atoms with Crippen molar-refractivity contribution in [2.75, 3.05) is 5.75 Å². The first-order valence-electron chi connectivity index (χ1n) is 9.30. The number of benzene rings is 1. The monoisotopic (exact) mass is 394 g/mol. The predicted octanol–water partition coefficient (Wildman–Crippen LogP) is 2.19. The second-order valence-corrected chi connectivity index (χ2v) is 9.68. The van der Waals surface area contributed by atoms with Crippen LogP contribution in [0.4, 0.5) is 0 Å². The Bertz CT molecular complexity index is 807. The van der Waals surface area contributed by atoms with E-state index in [-0.39, 0.29) is 30.7 Å². The van der Waals surface area contributed by atoms with E-state index in [1.54, 1.807) is 0 Å². The fraction of sp³-hybridized carbons (Fsp3) is 0.579. The molecule has 0 spiro atoms. The number of guanidine groups is 1. The number of carbonyl (C=O) groups is 1. The Balaban J connectivity index is 2.08. The number of amides is 1. The molecule has 150 valence electrons. The summed E-state index contributed by atoms with van der Waals surface area (Å²) in [6, 6.07) is 7.43. The number of nitrogens with one attached hydrogen (secondary N) is 3. The highest BCUT2D eigenvalue weighted by atomic mass is 32.2. The zero-order valence-corrected chi connectivity index (χ0v) is 17.3. The van der Waals surface area contributed by atoms with Gasteiger partial charge in [0.25, 0.3) is 5.91 Å². The van der Waals surface area contributed by atoms with Crippen molar-refractivity contribution in [1.82, 2.24) is 14.9 Å². The van der Waals surface area contributed by atoms with Gasteiger partial charge in [-0.25, -0.2) is 13.1 Å². The van der Waals surface area contributed by atoms with Crippen molar-refractivity contribution in [2.45, 2.75) is 59.2 Å². The third-order valence-electron chi connectivity index (χ3n) is 4.50. The molecule has 1 fully saturated rings. The quantitative estimate of drug-likeness (QED) is 0.597. The van der Waals surface area contributed by atoms with Crippen LogP contribution in [0.5, 0.6) is 0 Å². The summed E-state index contributed by atoms with van der Waals surface area (Å²) in [5, 5.41) is 11.2. The van der Waals surface area contributed by atoms with Crippen molar-refractivity contribution < 1.29 is 13.2 Å². The van der Waals surface area contributed by atoms with Gasteiger partial charge in [-0.3, -0.25) is 15.1 Å². The lowest BCUT2D eigenvalue weighted by molar-refractivity contribution is -0.131. The Morgan fingerprint density at radius 3 is 2.59 bits per heavy atom. The predicted molar refractivity (Wildman–Crippen MR) is 107 cm³/mol. The highest BCUT2D eigenvalue weighted by molar-refractivity contribution is 7.89. The molecule has 0 bridgehead atoms. The molecule has 2 rings (SSSR count). The lowest BCUT2D eigenvalue weighted by atomic mass is 9.91. The molecular formula is C19H30N4O3S. The number of carbonyl (C=O) groups excluding carboxylic acids is 1. The minimum atomic E-state index is -3.27. The van der Waals surface area contributed by atoms with Crippen LogP contribution in [0.25, 0.3) is 0 Å². The molecule has 1 aromatic rings. The average molecular weight is 395 g/mol. The highest BCUT2D eigenvalue weighted by Gasteiger charge is 2.45. The SMILES string of the molecule is CCCS(=O)(=O)NCc1cccc(CN2C(=N)NC(C)(CC(C)C)C2=O)c1. The first-order chi connectivity index (χ1) is 12.6. The molecule has 8 heteroatoms. The van der Waals surface area contributed by atoms with Crippen LogP contribution < -0.4 is 10.0 Å². The van der Waals surface area contributed by atoms with Crippen LogP contribution in [0.2, 0.25) is 0 Å². The molecule has 1 aromatic carbocycles. The lowest BCUT2D eigenvalue weighted by Gasteiger charge is -2.24. The van der Waals surface area contributed by atoms with Gasteiger partial charge in [0.1, 0.15) is 5.54 Å². The smallest absolute Gasteiger partial charge is 0.255 e. The standard InChI is InChI=1S/C19H30N4O3S/c1-5-9-27(25,26)21-12-15-7-6-8-16(10-15)13-23-17(24)19(4,11-14(2)3)22-18(23)20/h6-8,10,14,21H,5,9,11-13H2,1-4H3,(H2,20,22). The van der Waals surface area contributed by atoms with Crippen molar-refractivity contribution in [2.24, 2.45) is 5.92 Å². The van der Waals surface area contributed by atoms with E-state index in [4.69, 9.17) is 5.41 Å². The number of hydrogen-bond acceptors (Lipinski definition) is 4. The molecule has 3 N–H and O–H groups in total. The van der Waals surface area contributed by atoms with Gasteiger partial charge in [0.2, 0.25) is 10.0 Å². The van der Waals surface area contributed by atoms with E-state index in [9.17, 15) is 13.2 Å². The van der Waals surface area contributed by atoms with Gasteiger partial charge in [0.15, 0.2) is 5.96 Å². The summed E-state index contributed by atoms with van der Waals surface area (Å²) in [7, 11) is -3.27. The lowest BCUT2D eigenvalue weighted by Crippen LogP contribution is -2.44. The normalized spacial score (nSPS) is 20.4. The molecule has 1 saturated heterocycles. The number of rotatable bonds is 9. The summed E-state index contributed by atoms with van der Waals surface area (Å²) in [4.78, 5) is 14.3. The largest absolute Gasteiger partial charge is 0.342 e. The summed E-state index contributed by atoms with van der Waals surface area (Å²) in [6.45, 7) is 8.26. The van der Waals surface area contributed by atoms with Crippen LogP contribution in [-0.2, 0) is 27.9 Å². The Hall–Kier alpha value is -1.93. The van der Waals surface area contributed by atoms with Gasteiger partial charge in [0.05, 0.1) is 12.3 Å². The zero-order valence-electron chi connectivity index (χ0n) is 16.5. The van der Waals surface area contributed by atoms with Crippen LogP contribution in [0.1, 0.15) is 51.7 Å². The molecule has 0 aliphatic carbocycles.